The molecule has 2 N–H and O–H groups in total. The van der Waals surface area contributed by atoms with E-state index >= 15 is 0 Å². The van der Waals surface area contributed by atoms with Crippen LogP contribution in [0.25, 0.3) is 11.0 Å². The Kier molecular flexibility index (Phi) is 3.39. The van der Waals surface area contributed by atoms with E-state index in [1.807, 2.05) is 0 Å². The zero-order chi connectivity index (χ0) is 15.1. The molecule has 2 aromatic rings. The number of carbonyl (C=O) groups excluding carboxylic acids is 2. The summed E-state index contributed by atoms with van der Waals surface area (Å²) in [6.45, 7) is 5.13. The Morgan fingerprint density at radius 3 is 2.60 bits per heavy atom. The number of nitrogens with two attached hydrogens (primary N) is 1. The fourth-order valence-electron chi connectivity index (χ4n) is 1.64. The number of halogens is 1. The molecule has 0 radical (unpaired) electrons. The number of amides is 1. The fraction of sp³-hybridized carbons (Fsp3) is 0.333. The van der Waals surface area contributed by atoms with E-state index in [1.165, 1.54) is 12.3 Å². The molecule has 8 heteroatoms. The number of hydrogen-bond donors (Lipinski definition) is 1. The van der Waals surface area contributed by atoms with Crippen LogP contribution in [-0.2, 0) is 4.74 Å². The summed E-state index contributed by atoms with van der Waals surface area (Å²) < 4.78 is 6.23. The number of primary amides is 1. The first-order chi connectivity index (χ1) is 9.19. The normalized spacial score (nSPS) is 11.6. The summed E-state index contributed by atoms with van der Waals surface area (Å²) in [6, 6.07) is 1.41. The monoisotopic (exact) mass is 296 g/mol. The van der Waals surface area contributed by atoms with Gasteiger partial charge in [-0.05, 0) is 38.4 Å². The number of rotatable bonds is 1. The molecule has 2 aromatic heterocycles. The highest BCUT2D eigenvalue weighted by molar-refractivity contribution is 6.28. The smallest absolute Gasteiger partial charge is 0.420 e. The first kappa shape index (κ1) is 14.3. The van der Waals surface area contributed by atoms with Gasteiger partial charge >= 0.3 is 6.09 Å². The molecular formula is C12H13ClN4O3. The van der Waals surface area contributed by atoms with E-state index in [-0.39, 0.29) is 16.6 Å². The summed E-state index contributed by atoms with van der Waals surface area (Å²) in [7, 11) is 0. The summed E-state index contributed by atoms with van der Waals surface area (Å²) in [5, 5.41) is 0.422. The Morgan fingerprint density at radius 1 is 1.40 bits per heavy atom. The van der Waals surface area contributed by atoms with Crippen molar-refractivity contribution in [2.75, 3.05) is 0 Å². The van der Waals surface area contributed by atoms with Gasteiger partial charge < -0.3 is 10.5 Å². The van der Waals surface area contributed by atoms with Gasteiger partial charge in [-0.25, -0.2) is 14.3 Å². The highest BCUT2D eigenvalue weighted by Crippen LogP contribution is 2.20. The molecule has 2 heterocycles. The van der Waals surface area contributed by atoms with Gasteiger partial charge in [-0.2, -0.15) is 4.98 Å². The van der Waals surface area contributed by atoms with Gasteiger partial charge in [-0.1, -0.05) is 0 Å². The molecule has 0 saturated heterocycles. The van der Waals surface area contributed by atoms with Crippen LogP contribution in [0, 0.1) is 0 Å². The van der Waals surface area contributed by atoms with E-state index < -0.39 is 17.6 Å². The standard InChI is InChI=1S/C12H13ClN4O3/c1-12(2,3)20-11(19)17-7(8(14)18)4-6-5-15-10(13)16-9(6)17/h4-5H,1-3H3,(H2,14,18). The zero-order valence-corrected chi connectivity index (χ0v) is 11.9. The maximum absolute atomic E-state index is 12.2. The maximum atomic E-state index is 12.2. The van der Waals surface area contributed by atoms with Crippen LogP contribution in [0.2, 0.25) is 5.28 Å². The summed E-state index contributed by atoms with van der Waals surface area (Å²) in [6.07, 6.45) is 0.647. The molecule has 7 nitrogen and oxygen atoms in total. The molecule has 20 heavy (non-hydrogen) atoms. The molecule has 0 unspecified atom stereocenters. The van der Waals surface area contributed by atoms with Gasteiger partial charge in [-0.15, -0.1) is 0 Å². The third kappa shape index (κ3) is 2.72. The number of aromatic nitrogens is 3. The molecule has 0 fully saturated rings. The zero-order valence-electron chi connectivity index (χ0n) is 11.2. The molecule has 106 valence electrons. The molecule has 0 aliphatic rings. The quantitative estimate of drug-likeness (QED) is 0.811. The van der Waals surface area contributed by atoms with Crippen LogP contribution in [0.3, 0.4) is 0 Å². The van der Waals surface area contributed by atoms with Crippen LogP contribution >= 0.6 is 11.6 Å². The minimum absolute atomic E-state index is 0.0363. The molecule has 0 aliphatic heterocycles. The summed E-state index contributed by atoms with van der Waals surface area (Å²) in [5.41, 5.74) is 4.68. The first-order valence-electron chi connectivity index (χ1n) is 5.76. The number of nitrogens with zero attached hydrogens (tertiary/aromatic N) is 3. The van der Waals surface area contributed by atoms with E-state index in [0.29, 0.717) is 5.39 Å². The average molecular weight is 297 g/mol. The average Bonchev–Trinajstić information content (AvgIpc) is 2.65. The van der Waals surface area contributed by atoms with Crippen LogP contribution < -0.4 is 5.73 Å². The molecule has 0 saturated carbocycles. The van der Waals surface area contributed by atoms with E-state index in [0.717, 1.165) is 4.57 Å². The lowest BCUT2D eigenvalue weighted by Crippen LogP contribution is -2.30. The van der Waals surface area contributed by atoms with Gasteiger partial charge in [0.05, 0.1) is 0 Å². The Labute approximate surface area is 119 Å². The van der Waals surface area contributed by atoms with Gasteiger partial charge in [0.1, 0.15) is 11.3 Å². The van der Waals surface area contributed by atoms with Crippen LogP contribution in [0.5, 0.6) is 0 Å². The molecule has 0 aromatic carbocycles. The Hall–Kier alpha value is -2.15. The highest BCUT2D eigenvalue weighted by atomic mass is 35.5. The van der Waals surface area contributed by atoms with E-state index in [2.05, 4.69) is 9.97 Å². The Morgan fingerprint density at radius 2 is 2.05 bits per heavy atom. The largest absolute Gasteiger partial charge is 0.443 e. The van der Waals surface area contributed by atoms with Crippen molar-refractivity contribution >= 4 is 34.6 Å². The second-order valence-electron chi connectivity index (χ2n) is 5.13. The lowest BCUT2D eigenvalue weighted by molar-refractivity contribution is 0.0535. The predicted molar refractivity (Wildman–Crippen MR) is 72.7 cm³/mol. The van der Waals surface area contributed by atoms with Crippen LogP contribution in [0.1, 0.15) is 31.3 Å². The van der Waals surface area contributed by atoms with E-state index in [1.54, 1.807) is 20.8 Å². The van der Waals surface area contributed by atoms with Crippen LogP contribution in [0.4, 0.5) is 4.79 Å². The highest BCUT2D eigenvalue weighted by Gasteiger charge is 2.25. The summed E-state index contributed by atoms with van der Waals surface area (Å²) in [5.74, 6) is -0.773. The van der Waals surface area contributed by atoms with Gasteiger partial charge in [0, 0.05) is 11.6 Å². The minimum Gasteiger partial charge on any atom is -0.443 e. The maximum Gasteiger partial charge on any atom is 0.420 e. The van der Waals surface area contributed by atoms with Gasteiger partial charge in [-0.3, -0.25) is 4.79 Å². The molecule has 0 aliphatic carbocycles. The predicted octanol–water partition coefficient (Wildman–Crippen LogP) is 1.97. The van der Waals surface area contributed by atoms with Crippen molar-refractivity contribution in [3.8, 4) is 0 Å². The van der Waals surface area contributed by atoms with Crippen LogP contribution in [0.15, 0.2) is 12.3 Å². The van der Waals surface area contributed by atoms with E-state index in [4.69, 9.17) is 22.1 Å². The van der Waals surface area contributed by atoms with Crippen LogP contribution in [-0.4, -0.2) is 32.1 Å². The van der Waals surface area contributed by atoms with Gasteiger partial charge in [0.2, 0.25) is 5.28 Å². The first-order valence-corrected chi connectivity index (χ1v) is 6.14. The Bertz CT molecular complexity index is 703. The SMILES string of the molecule is CC(C)(C)OC(=O)n1c(C(N)=O)cc2cnc(Cl)nc21. The third-order valence-electron chi connectivity index (χ3n) is 2.34. The summed E-state index contributed by atoms with van der Waals surface area (Å²) >= 11 is 5.71. The fourth-order valence-corrected chi connectivity index (χ4v) is 1.77. The molecule has 2 rings (SSSR count). The lowest BCUT2D eigenvalue weighted by Gasteiger charge is -2.20. The van der Waals surface area contributed by atoms with Crippen molar-refractivity contribution in [2.24, 2.45) is 5.73 Å². The third-order valence-corrected chi connectivity index (χ3v) is 2.52. The number of carbonyl (C=O) groups is 2. The van der Waals surface area contributed by atoms with Gasteiger partial charge in [0.15, 0.2) is 5.65 Å². The molecule has 0 atom stereocenters. The lowest BCUT2D eigenvalue weighted by atomic mass is 10.2. The molecule has 1 amide bonds. The van der Waals surface area contributed by atoms with Crippen molar-refractivity contribution in [1.29, 1.82) is 0 Å². The van der Waals surface area contributed by atoms with Crippen molar-refractivity contribution in [2.45, 2.75) is 26.4 Å². The number of ether oxygens (including phenoxy) is 1. The second kappa shape index (κ2) is 4.75. The molecular weight excluding hydrogens is 284 g/mol. The minimum atomic E-state index is -0.773. The molecule has 0 spiro atoms. The van der Waals surface area contributed by atoms with E-state index in [9.17, 15) is 9.59 Å². The number of fused-ring (bicyclic) bond motifs is 1. The van der Waals surface area contributed by atoms with Crippen molar-refractivity contribution in [3.05, 3.63) is 23.2 Å². The van der Waals surface area contributed by atoms with Crippen molar-refractivity contribution < 1.29 is 14.3 Å². The van der Waals surface area contributed by atoms with Crippen molar-refractivity contribution in [3.63, 3.8) is 0 Å². The Balaban J connectivity index is 2.65. The molecule has 0 bridgehead atoms. The topological polar surface area (TPSA) is 100 Å². The number of hydrogen-bond acceptors (Lipinski definition) is 5. The second-order valence-corrected chi connectivity index (χ2v) is 5.47. The summed E-state index contributed by atoms with van der Waals surface area (Å²) in [4.78, 5) is 31.4. The van der Waals surface area contributed by atoms with Gasteiger partial charge in [0.25, 0.3) is 5.91 Å². The van der Waals surface area contributed by atoms with Crippen molar-refractivity contribution in [1.82, 2.24) is 14.5 Å².